The Morgan fingerprint density at radius 2 is 1.96 bits per heavy atom. The Morgan fingerprint density at radius 1 is 1.22 bits per heavy atom. The van der Waals surface area contributed by atoms with Gasteiger partial charge in [0.15, 0.2) is 11.5 Å². The van der Waals surface area contributed by atoms with Gasteiger partial charge in [0.05, 0.1) is 19.2 Å². The second-order valence-corrected chi connectivity index (χ2v) is 5.37. The van der Waals surface area contributed by atoms with Crippen LogP contribution in [0.15, 0.2) is 30.3 Å². The van der Waals surface area contributed by atoms with E-state index in [4.69, 9.17) is 21.1 Å². The molecular weight excluding hydrogens is 321 g/mol. The lowest BCUT2D eigenvalue weighted by molar-refractivity contribution is 0.0950. The first-order chi connectivity index (χ1) is 11.0. The van der Waals surface area contributed by atoms with Gasteiger partial charge in [-0.05, 0) is 36.2 Å². The van der Waals surface area contributed by atoms with Crippen molar-refractivity contribution < 1.29 is 18.7 Å². The molecule has 0 saturated heterocycles. The van der Waals surface area contributed by atoms with Gasteiger partial charge in [0, 0.05) is 12.1 Å². The number of aryl methyl sites for hydroxylation is 1. The van der Waals surface area contributed by atoms with Crippen LogP contribution in [0.1, 0.15) is 21.5 Å². The first-order valence-electron chi connectivity index (χ1n) is 6.91. The summed E-state index contributed by atoms with van der Waals surface area (Å²) in [6.45, 7) is 1.89. The Labute approximate surface area is 139 Å². The number of rotatable bonds is 5. The van der Waals surface area contributed by atoms with Crippen LogP contribution in [0.3, 0.4) is 0 Å². The van der Waals surface area contributed by atoms with Crippen molar-refractivity contribution in [2.75, 3.05) is 14.2 Å². The minimum absolute atomic E-state index is 0.210. The van der Waals surface area contributed by atoms with Crippen LogP contribution in [-0.2, 0) is 6.54 Å². The van der Waals surface area contributed by atoms with Gasteiger partial charge in [-0.15, -0.1) is 0 Å². The molecule has 0 aromatic heterocycles. The number of carbonyl (C=O) groups excluding carboxylic acids is 1. The number of hydrogen-bond acceptors (Lipinski definition) is 3. The van der Waals surface area contributed by atoms with Crippen LogP contribution in [0, 0.1) is 12.7 Å². The average Bonchev–Trinajstić information content (AvgIpc) is 2.54. The van der Waals surface area contributed by atoms with Crippen LogP contribution in [0.4, 0.5) is 4.39 Å². The molecule has 0 radical (unpaired) electrons. The lowest BCUT2D eigenvalue weighted by atomic mass is 10.1. The molecule has 1 N–H and O–H groups in total. The highest BCUT2D eigenvalue weighted by Crippen LogP contribution is 2.35. The molecule has 0 bridgehead atoms. The van der Waals surface area contributed by atoms with Crippen molar-refractivity contribution in [3.8, 4) is 11.5 Å². The summed E-state index contributed by atoms with van der Waals surface area (Å²) in [6.07, 6.45) is 0. The fourth-order valence-electron chi connectivity index (χ4n) is 2.08. The minimum Gasteiger partial charge on any atom is -0.493 e. The van der Waals surface area contributed by atoms with Crippen LogP contribution in [0.25, 0.3) is 0 Å². The third-order valence-corrected chi connectivity index (χ3v) is 3.67. The smallest absolute Gasteiger partial charge is 0.251 e. The van der Waals surface area contributed by atoms with Gasteiger partial charge in [-0.3, -0.25) is 4.79 Å². The lowest BCUT2D eigenvalue weighted by Gasteiger charge is -2.12. The number of nitrogens with one attached hydrogen (secondary N) is 1. The summed E-state index contributed by atoms with van der Waals surface area (Å²) in [5.41, 5.74) is 1.57. The monoisotopic (exact) mass is 337 g/mol. The van der Waals surface area contributed by atoms with Crippen LogP contribution in [0.5, 0.6) is 11.5 Å². The number of carbonyl (C=O) groups is 1. The summed E-state index contributed by atoms with van der Waals surface area (Å²) < 4.78 is 23.8. The molecule has 0 unspecified atom stereocenters. The van der Waals surface area contributed by atoms with Gasteiger partial charge in [0.25, 0.3) is 5.91 Å². The van der Waals surface area contributed by atoms with Crippen molar-refractivity contribution in [2.24, 2.45) is 0 Å². The third-order valence-electron chi connectivity index (χ3n) is 3.39. The van der Waals surface area contributed by atoms with Crippen LogP contribution < -0.4 is 14.8 Å². The standard InChI is InChI=1S/C17H17ClFNO3/c1-10-4-5-11(6-14(10)19)9-20-17(21)12-7-13(18)16(23-3)15(8-12)22-2/h4-8H,9H2,1-3H3,(H,20,21). The lowest BCUT2D eigenvalue weighted by Crippen LogP contribution is -2.23. The van der Waals surface area contributed by atoms with Gasteiger partial charge in [0.2, 0.25) is 0 Å². The molecule has 0 atom stereocenters. The predicted octanol–water partition coefficient (Wildman–Crippen LogP) is 3.73. The fourth-order valence-corrected chi connectivity index (χ4v) is 2.37. The Morgan fingerprint density at radius 3 is 2.57 bits per heavy atom. The Bertz CT molecular complexity index is 734. The molecule has 6 heteroatoms. The molecule has 0 fully saturated rings. The van der Waals surface area contributed by atoms with Gasteiger partial charge in [-0.2, -0.15) is 0 Å². The maximum atomic E-state index is 13.5. The topological polar surface area (TPSA) is 47.6 Å². The molecule has 0 aliphatic heterocycles. The van der Waals surface area contributed by atoms with Gasteiger partial charge in [0.1, 0.15) is 5.82 Å². The Hall–Kier alpha value is -2.27. The first kappa shape index (κ1) is 17.1. The Kier molecular flexibility index (Phi) is 5.45. The van der Waals surface area contributed by atoms with Gasteiger partial charge < -0.3 is 14.8 Å². The quantitative estimate of drug-likeness (QED) is 0.904. The maximum Gasteiger partial charge on any atom is 0.251 e. The summed E-state index contributed by atoms with van der Waals surface area (Å²) in [4.78, 5) is 12.2. The van der Waals surface area contributed by atoms with Gasteiger partial charge in [-0.1, -0.05) is 23.7 Å². The zero-order valence-electron chi connectivity index (χ0n) is 13.1. The van der Waals surface area contributed by atoms with Crippen LogP contribution in [0.2, 0.25) is 5.02 Å². The first-order valence-corrected chi connectivity index (χ1v) is 7.28. The average molecular weight is 338 g/mol. The molecule has 0 aliphatic rings. The summed E-state index contributed by atoms with van der Waals surface area (Å²) in [5.74, 6) is 0.0950. The molecule has 0 heterocycles. The highest BCUT2D eigenvalue weighted by Gasteiger charge is 2.15. The van der Waals surface area contributed by atoms with E-state index in [1.54, 1.807) is 19.1 Å². The summed E-state index contributed by atoms with van der Waals surface area (Å²) in [5, 5.41) is 2.99. The zero-order chi connectivity index (χ0) is 17.0. The van der Waals surface area contributed by atoms with E-state index in [0.717, 1.165) is 0 Å². The van der Waals surface area contributed by atoms with Crippen molar-refractivity contribution in [2.45, 2.75) is 13.5 Å². The van der Waals surface area contributed by atoms with Crippen molar-refractivity contribution in [1.29, 1.82) is 0 Å². The molecule has 2 rings (SSSR count). The number of ether oxygens (including phenoxy) is 2. The molecule has 0 aliphatic carbocycles. The Balaban J connectivity index is 2.14. The van der Waals surface area contributed by atoms with Crippen molar-refractivity contribution >= 4 is 17.5 Å². The minimum atomic E-state index is -0.339. The molecule has 23 heavy (non-hydrogen) atoms. The summed E-state index contributed by atoms with van der Waals surface area (Å²) >= 11 is 6.08. The molecule has 2 aromatic carbocycles. The highest BCUT2D eigenvalue weighted by atomic mass is 35.5. The second kappa shape index (κ2) is 7.33. The van der Waals surface area contributed by atoms with E-state index < -0.39 is 0 Å². The van der Waals surface area contributed by atoms with E-state index in [-0.39, 0.29) is 23.3 Å². The van der Waals surface area contributed by atoms with E-state index >= 15 is 0 Å². The largest absolute Gasteiger partial charge is 0.493 e. The number of methoxy groups -OCH3 is 2. The molecule has 0 saturated carbocycles. The number of hydrogen-bond donors (Lipinski definition) is 1. The summed E-state index contributed by atoms with van der Waals surface area (Å²) in [6, 6.07) is 7.87. The predicted molar refractivity (Wildman–Crippen MR) is 86.9 cm³/mol. The summed E-state index contributed by atoms with van der Waals surface area (Å²) in [7, 11) is 2.93. The SMILES string of the molecule is COc1cc(C(=O)NCc2ccc(C)c(F)c2)cc(Cl)c1OC. The molecular formula is C17H17ClFNO3. The highest BCUT2D eigenvalue weighted by molar-refractivity contribution is 6.32. The van der Waals surface area contributed by atoms with E-state index in [9.17, 15) is 9.18 Å². The fraction of sp³-hybridized carbons (Fsp3) is 0.235. The van der Waals surface area contributed by atoms with Crippen LogP contribution >= 0.6 is 11.6 Å². The molecule has 4 nitrogen and oxygen atoms in total. The van der Waals surface area contributed by atoms with Gasteiger partial charge >= 0.3 is 0 Å². The third kappa shape index (κ3) is 3.93. The molecule has 1 amide bonds. The normalized spacial score (nSPS) is 10.3. The van der Waals surface area contributed by atoms with Crippen LogP contribution in [-0.4, -0.2) is 20.1 Å². The van der Waals surface area contributed by atoms with Gasteiger partial charge in [-0.25, -0.2) is 4.39 Å². The number of benzene rings is 2. The van der Waals surface area contributed by atoms with E-state index in [1.165, 1.54) is 32.4 Å². The molecule has 0 spiro atoms. The van der Waals surface area contributed by atoms with E-state index in [2.05, 4.69) is 5.32 Å². The van der Waals surface area contributed by atoms with E-state index in [1.807, 2.05) is 0 Å². The maximum absolute atomic E-state index is 13.5. The number of amides is 1. The number of halogens is 2. The van der Waals surface area contributed by atoms with E-state index in [0.29, 0.717) is 28.2 Å². The zero-order valence-corrected chi connectivity index (χ0v) is 13.8. The van der Waals surface area contributed by atoms with Crippen molar-refractivity contribution in [3.05, 3.63) is 57.9 Å². The second-order valence-electron chi connectivity index (χ2n) is 4.96. The molecule has 122 valence electrons. The molecule has 2 aromatic rings. The van der Waals surface area contributed by atoms with Crippen molar-refractivity contribution in [1.82, 2.24) is 5.32 Å². The van der Waals surface area contributed by atoms with Crippen molar-refractivity contribution in [3.63, 3.8) is 0 Å².